The maximum absolute atomic E-state index is 9.82. The molecule has 4 N–H and O–H groups in total. The van der Waals surface area contributed by atoms with E-state index in [1.807, 2.05) is 0 Å². The summed E-state index contributed by atoms with van der Waals surface area (Å²) >= 11 is 0. The van der Waals surface area contributed by atoms with Gasteiger partial charge < -0.3 is 30.2 Å². The molecule has 0 fully saturated rings. The van der Waals surface area contributed by atoms with Crippen LogP contribution in [0.4, 0.5) is 4.79 Å². The second kappa shape index (κ2) is 22.1. The summed E-state index contributed by atoms with van der Waals surface area (Å²) in [6, 6.07) is 0. The quantitative estimate of drug-likeness (QED) is 0.298. The molecule has 1 amide bonds. The normalized spacial score (nSPS) is 8.57. The molecule has 8 nitrogen and oxygen atoms in total. The number of hydrogen-bond acceptors (Lipinski definition) is 5. The Morgan fingerprint density at radius 1 is 0.957 bits per heavy atom. The number of primary amides is 1. The molecule has 134 valence electrons. The topological polar surface area (TPSA) is 128 Å². The van der Waals surface area contributed by atoms with E-state index in [-0.39, 0.29) is 0 Å². The van der Waals surface area contributed by atoms with E-state index in [1.54, 1.807) is 19.1 Å². The fourth-order valence-corrected chi connectivity index (χ4v) is 0.671. The van der Waals surface area contributed by atoms with Gasteiger partial charge in [0.05, 0.1) is 39.6 Å². The fourth-order valence-electron chi connectivity index (χ4n) is 0.671. The lowest BCUT2D eigenvalue weighted by Gasteiger charge is -2.04. The van der Waals surface area contributed by atoms with Crippen LogP contribution in [0, 0.1) is 0 Å². The molecule has 0 saturated carbocycles. The highest BCUT2D eigenvalue weighted by molar-refractivity contribution is 5.90. The number of ether oxygens (including phenoxy) is 3. The first kappa shape index (κ1) is 25.8. The summed E-state index contributed by atoms with van der Waals surface area (Å²) in [4.78, 5) is 18.4. The summed E-state index contributed by atoms with van der Waals surface area (Å²) in [7, 11) is 0. The van der Waals surface area contributed by atoms with Crippen LogP contribution in [-0.2, 0) is 19.0 Å². The molecule has 0 spiro atoms. The van der Waals surface area contributed by atoms with E-state index >= 15 is 0 Å². The zero-order chi connectivity index (χ0) is 18.5. The predicted octanol–water partition coefficient (Wildman–Crippen LogP) is 1.68. The van der Waals surface area contributed by atoms with Crippen LogP contribution < -0.4 is 5.73 Å². The first-order valence-corrected chi connectivity index (χ1v) is 6.61. The highest BCUT2D eigenvalue weighted by atomic mass is 16.6. The Kier molecular flexibility index (Phi) is 24.8. The summed E-state index contributed by atoms with van der Waals surface area (Å²) in [5.41, 5.74) is 5.09. The second-order valence-corrected chi connectivity index (χ2v) is 3.77. The van der Waals surface area contributed by atoms with Crippen molar-refractivity contribution in [2.75, 3.05) is 39.6 Å². The van der Waals surface area contributed by atoms with Crippen molar-refractivity contribution < 1.29 is 34.0 Å². The Bertz CT molecular complexity index is 313. The Morgan fingerprint density at radius 3 is 1.43 bits per heavy atom. The van der Waals surface area contributed by atoms with Gasteiger partial charge in [-0.3, -0.25) is 4.79 Å². The first-order valence-electron chi connectivity index (χ1n) is 6.61. The minimum Gasteiger partial charge on any atom is -0.450 e. The molecule has 0 aromatic carbocycles. The van der Waals surface area contributed by atoms with Crippen molar-refractivity contribution in [2.45, 2.75) is 6.92 Å². The van der Waals surface area contributed by atoms with Crippen LogP contribution in [0.3, 0.4) is 0 Å². The number of rotatable bonds is 11. The van der Waals surface area contributed by atoms with Crippen molar-refractivity contribution >= 4 is 12.1 Å². The lowest BCUT2D eigenvalue weighted by molar-refractivity contribution is -0.114. The van der Waals surface area contributed by atoms with E-state index in [4.69, 9.17) is 35.0 Å². The van der Waals surface area contributed by atoms with Crippen molar-refractivity contribution in [2.24, 2.45) is 5.73 Å². The molecular weight excluding hydrogens is 306 g/mol. The van der Waals surface area contributed by atoms with Gasteiger partial charge in [0.15, 0.2) is 0 Å². The predicted molar refractivity (Wildman–Crippen MR) is 87.5 cm³/mol. The van der Waals surface area contributed by atoms with E-state index in [2.05, 4.69) is 19.7 Å². The number of hydrogen-bond donors (Lipinski definition) is 3. The van der Waals surface area contributed by atoms with Gasteiger partial charge in [-0.1, -0.05) is 18.7 Å². The maximum atomic E-state index is 9.82. The molecule has 0 aliphatic rings. The average Bonchev–Trinajstić information content (AvgIpc) is 2.45. The summed E-state index contributed by atoms with van der Waals surface area (Å²) in [6.07, 6.45) is 1.60. The number of carbonyl (C=O) groups is 2. The SMILES string of the molecule is C=C(C)C(N)=O.C=CCOCCOCCOCC=C.O=C(O)O. The highest BCUT2D eigenvalue weighted by Crippen LogP contribution is 1.81. The molecule has 0 heterocycles. The Morgan fingerprint density at radius 2 is 1.22 bits per heavy atom. The molecule has 8 heteroatoms. The van der Waals surface area contributed by atoms with Crippen LogP contribution in [0.25, 0.3) is 0 Å². The minimum atomic E-state index is -1.83. The Hall–Kier alpha value is -2.16. The smallest absolute Gasteiger partial charge is 0.450 e. The monoisotopic (exact) mass is 333 g/mol. The third-order valence-electron chi connectivity index (χ3n) is 1.64. The zero-order valence-corrected chi connectivity index (χ0v) is 13.5. The summed E-state index contributed by atoms with van der Waals surface area (Å²) in [6.45, 7) is 15.5. The number of amides is 1. The van der Waals surface area contributed by atoms with E-state index in [9.17, 15) is 4.79 Å². The van der Waals surface area contributed by atoms with Crippen LogP contribution >= 0.6 is 0 Å². The van der Waals surface area contributed by atoms with E-state index in [0.29, 0.717) is 45.2 Å². The molecule has 0 aromatic heterocycles. The largest absolute Gasteiger partial charge is 0.503 e. The molecule has 0 aliphatic heterocycles. The molecule has 0 unspecified atom stereocenters. The van der Waals surface area contributed by atoms with Crippen LogP contribution in [0.5, 0.6) is 0 Å². The van der Waals surface area contributed by atoms with Crippen molar-refractivity contribution in [3.05, 3.63) is 37.5 Å². The molecule has 0 rings (SSSR count). The average molecular weight is 333 g/mol. The van der Waals surface area contributed by atoms with E-state index < -0.39 is 12.1 Å². The van der Waals surface area contributed by atoms with Crippen LogP contribution in [0.15, 0.2) is 37.5 Å². The maximum Gasteiger partial charge on any atom is 0.503 e. The molecule has 0 aromatic rings. The third-order valence-corrected chi connectivity index (χ3v) is 1.64. The van der Waals surface area contributed by atoms with Gasteiger partial charge in [-0.25, -0.2) is 4.79 Å². The Balaban J connectivity index is -0.000000330. The van der Waals surface area contributed by atoms with E-state index in [1.165, 1.54) is 0 Å². The molecule has 0 aliphatic carbocycles. The van der Waals surface area contributed by atoms with Crippen molar-refractivity contribution in [3.8, 4) is 0 Å². The fraction of sp³-hybridized carbons (Fsp3) is 0.467. The lowest BCUT2D eigenvalue weighted by Crippen LogP contribution is -2.10. The molecule has 0 saturated heterocycles. The minimum absolute atomic E-state index is 0.398. The standard InChI is InChI=1S/C10H18O3.C4H7NO.CH2O3/c1-3-5-11-7-9-13-10-8-12-6-4-2;1-3(2)4(5)6;2-1(3)4/h3-4H,1-2,5-10H2;1H2,2H3,(H2,5,6);(H2,2,3,4). The van der Waals surface area contributed by atoms with Gasteiger partial charge in [0.2, 0.25) is 5.91 Å². The van der Waals surface area contributed by atoms with Crippen LogP contribution in [0.1, 0.15) is 6.92 Å². The van der Waals surface area contributed by atoms with Crippen molar-refractivity contribution in [1.29, 1.82) is 0 Å². The van der Waals surface area contributed by atoms with Gasteiger partial charge >= 0.3 is 6.16 Å². The first-order chi connectivity index (χ1) is 10.8. The van der Waals surface area contributed by atoms with Gasteiger partial charge in [0.25, 0.3) is 0 Å². The van der Waals surface area contributed by atoms with E-state index in [0.717, 1.165) is 0 Å². The van der Waals surface area contributed by atoms with Crippen LogP contribution in [-0.4, -0.2) is 61.9 Å². The second-order valence-electron chi connectivity index (χ2n) is 3.77. The number of carboxylic acid groups (broad SMARTS) is 2. The highest BCUT2D eigenvalue weighted by Gasteiger charge is 1.88. The molecule has 0 radical (unpaired) electrons. The molecule has 0 atom stereocenters. The molecule has 0 bridgehead atoms. The zero-order valence-electron chi connectivity index (χ0n) is 13.5. The summed E-state index contributed by atoms with van der Waals surface area (Å²) in [5, 5.41) is 13.9. The van der Waals surface area contributed by atoms with Gasteiger partial charge in [-0.15, -0.1) is 13.2 Å². The number of carbonyl (C=O) groups excluding carboxylic acids is 1. The molecular formula is C15H27NO7. The lowest BCUT2D eigenvalue weighted by atomic mass is 10.3. The Labute approximate surface area is 136 Å². The van der Waals surface area contributed by atoms with Crippen molar-refractivity contribution in [3.63, 3.8) is 0 Å². The van der Waals surface area contributed by atoms with Gasteiger partial charge in [-0.05, 0) is 6.92 Å². The van der Waals surface area contributed by atoms with Gasteiger partial charge in [0.1, 0.15) is 0 Å². The summed E-state index contributed by atoms with van der Waals surface area (Å²) in [5.74, 6) is -0.435. The summed E-state index contributed by atoms with van der Waals surface area (Å²) < 4.78 is 15.4. The van der Waals surface area contributed by atoms with Gasteiger partial charge in [-0.2, -0.15) is 0 Å². The van der Waals surface area contributed by atoms with Crippen LogP contribution in [0.2, 0.25) is 0 Å². The van der Waals surface area contributed by atoms with Gasteiger partial charge in [0, 0.05) is 5.57 Å². The number of nitrogens with two attached hydrogens (primary N) is 1. The van der Waals surface area contributed by atoms with Crippen molar-refractivity contribution in [1.82, 2.24) is 0 Å². The molecule has 23 heavy (non-hydrogen) atoms. The third kappa shape index (κ3) is 45.0.